The van der Waals surface area contributed by atoms with Crippen LogP contribution in [0.3, 0.4) is 0 Å². The maximum atomic E-state index is 11.5. The van der Waals surface area contributed by atoms with Gasteiger partial charge < -0.3 is 4.74 Å². The molecule has 0 aliphatic heterocycles. The molecule has 0 saturated carbocycles. The summed E-state index contributed by atoms with van der Waals surface area (Å²) in [4.78, 5) is 11.5. The molecular formula is C16H34ClNO4S. The number of carbonyl (C=O) groups is 1. The summed E-state index contributed by atoms with van der Waals surface area (Å²) >= 11 is 0. The van der Waals surface area contributed by atoms with Crippen molar-refractivity contribution in [1.82, 2.24) is 4.72 Å². The highest BCUT2D eigenvalue weighted by Crippen LogP contribution is 2.10. The maximum Gasteiger partial charge on any atom is 0.323 e. The number of halogens is 1. The van der Waals surface area contributed by atoms with E-state index in [-0.39, 0.29) is 12.4 Å². The highest BCUT2D eigenvalue weighted by Gasteiger charge is 2.17. The molecule has 0 saturated heterocycles. The van der Waals surface area contributed by atoms with Gasteiger partial charge in [-0.3, -0.25) is 4.79 Å². The van der Waals surface area contributed by atoms with E-state index >= 15 is 0 Å². The minimum absolute atomic E-state index is 0. The summed E-state index contributed by atoms with van der Waals surface area (Å²) in [5.41, 5.74) is 0. The van der Waals surface area contributed by atoms with Crippen molar-refractivity contribution in [2.45, 2.75) is 84.1 Å². The van der Waals surface area contributed by atoms with Gasteiger partial charge in [0.2, 0.25) is 10.0 Å². The molecule has 1 atom stereocenters. The van der Waals surface area contributed by atoms with E-state index in [9.17, 15) is 13.2 Å². The van der Waals surface area contributed by atoms with Crippen LogP contribution in [0.25, 0.3) is 0 Å². The Hall–Kier alpha value is -0.330. The number of hydrogen-bond acceptors (Lipinski definition) is 4. The molecule has 1 N–H and O–H groups in total. The van der Waals surface area contributed by atoms with E-state index in [2.05, 4.69) is 11.6 Å². The molecular weight excluding hydrogens is 338 g/mol. The van der Waals surface area contributed by atoms with Crippen molar-refractivity contribution in [3.63, 3.8) is 0 Å². The van der Waals surface area contributed by atoms with Crippen LogP contribution in [0, 0.1) is 0 Å². The highest BCUT2D eigenvalue weighted by molar-refractivity contribution is 7.88. The third kappa shape index (κ3) is 17.9. The molecule has 0 aromatic rings. The van der Waals surface area contributed by atoms with Crippen LogP contribution in [0.15, 0.2) is 0 Å². The second-order valence-electron chi connectivity index (χ2n) is 5.96. The fourth-order valence-corrected chi connectivity index (χ4v) is 2.99. The summed E-state index contributed by atoms with van der Waals surface area (Å²) in [5.74, 6) is -0.513. The number of esters is 1. The predicted molar refractivity (Wildman–Crippen MR) is 97.5 cm³/mol. The fraction of sp³-hybridized carbons (Fsp3) is 0.938. The van der Waals surface area contributed by atoms with E-state index in [1.54, 1.807) is 0 Å². The van der Waals surface area contributed by atoms with Gasteiger partial charge in [-0.1, -0.05) is 64.7 Å². The van der Waals surface area contributed by atoms with Crippen LogP contribution in [0.5, 0.6) is 0 Å². The van der Waals surface area contributed by atoms with Gasteiger partial charge in [0, 0.05) is 0 Å². The topological polar surface area (TPSA) is 72.5 Å². The van der Waals surface area contributed by atoms with Gasteiger partial charge in [-0.15, -0.1) is 12.4 Å². The highest BCUT2D eigenvalue weighted by atomic mass is 35.5. The summed E-state index contributed by atoms with van der Waals surface area (Å²) in [6, 6.07) is -0.821. The fourth-order valence-electron chi connectivity index (χ4n) is 2.26. The van der Waals surface area contributed by atoms with Crippen molar-refractivity contribution in [3.8, 4) is 0 Å². The molecule has 0 rings (SSSR count). The average molecular weight is 372 g/mol. The Morgan fingerprint density at radius 2 is 1.39 bits per heavy atom. The zero-order valence-corrected chi connectivity index (χ0v) is 16.4. The molecule has 0 aliphatic carbocycles. The van der Waals surface area contributed by atoms with Crippen molar-refractivity contribution >= 4 is 28.4 Å². The maximum absolute atomic E-state index is 11.5. The summed E-state index contributed by atoms with van der Waals surface area (Å²) in [6.45, 7) is 4.08. The van der Waals surface area contributed by atoms with Crippen LogP contribution in [-0.2, 0) is 19.6 Å². The first-order valence-corrected chi connectivity index (χ1v) is 10.4. The molecule has 5 nitrogen and oxygen atoms in total. The second kappa shape index (κ2) is 15.2. The van der Waals surface area contributed by atoms with Crippen LogP contribution in [0.2, 0.25) is 0 Å². The van der Waals surface area contributed by atoms with Crippen molar-refractivity contribution in [1.29, 1.82) is 0 Å². The Bertz CT molecular complexity index is 388. The SMILES string of the molecule is CCCCCCCCCCCCOC(=O)C(C)NS(C)(=O)=O.Cl. The van der Waals surface area contributed by atoms with E-state index < -0.39 is 22.0 Å². The van der Waals surface area contributed by atoms with Crippen molar-refractivity contribution < 1.29 is 17.9 Å². The zero-order valence-electron chi connectivity index (χ0n) is 14.8. The van der Waals surface area contributed by atoms with Gasteiger partial charge in [-0.2, -0.15) is 0 Å². The van der Waals surface area contributed by atoms with E-state index in [1.165, 1.54) is 58.3 Å². The molecule has 0 aliphatic rings. The second-order valence-corrected chi connectivity index (χ2v) is 7.74. The lowest BCUT2D eigenvalue weighted by Crippen LogP contribution is -2.38. The minimum atomic E-state index is -3.37. The Morgan fingerprint density at radius 1 is 0.957 bits per heavy atom. The first-order valence-electron chi connectivity index (χ1n) is 8.50. The largest absolute Gasteiger partial charge is 0.465 e. The lowest BCUT2D eigenvalue weighted by atomic mass is 10.1. The van der Waals surface area contributed by atoms with Gasteiger partial charge in [-0.05, 0) is 13.3 Å². The number of ether oxygens (including phenoxy) is 1. The number of sulfonamides is 1. The molecule has 0 bridgehead atoms. The summed E-state index contributed by atoms with van der Waals surface area (Å²) < 4.78 is 29.2. The van der Waals surface area contributed by atoms with Crippen LogP contribution >= 0.6 is 12.4 Å². The Kier molecular flexibility index (Phi) is 16.5. The van der Waals surface area contributed by atoms with Crippen molar-refractivity contribution in [2.75, 3.05) is 12.9 Å². The van der Waals surface area contributed by atoms with Crippen LogP contribution in [0.4, 0.5) is 0 Å². The third-order valence-electron chi connectivity index (χ3n) is 3.49. The summed E-state index contributed by atoms with van der Waals surface area (Å²) in [5, 5.41) is 0. The molecule has 0 aromatic carbocycles. The molecule has 23 heavy (non-hydrogen) atoms. The van der Waals surface area contributed by atoms with Gasteiger partial charge in [0.1, 0.15) is 6.04 Å². The molecule has 0 spiro atoms. The number of unbranched alkanes of at least 4 members (excludes halogenated alkanes) is 9. The van der Waals surface area contributed by atoms with Gasteiger partial charge in [0.25, 0.3) is 0 Å². The van der Waals surface area contributed by atoms with Crippen LogP contribution < -0.4 is 4.72 Å². The van der Waals surface area contributed by atoms with E-state index in [1.807, 2.05) is 0 Å². The van der Waals surface area contributed by atoms with Gasteiger partial charge in [0.15, 0.2) is 0 Å². The average Bonchev–Trinajstić information content (AvgIpc) is 2.42. The molecule has 7 heteroatoms. The first kappa shape index (κ1) is 24.9. The van der Waals surface area contributed by atoms with Gasteiger partial charge in [0.05, 0.1) is 12.9 Å². The number of carbonyl (C=O) groups excluding carboxylic acids is 1. The zero-order chi connectivity index (χ0) is 16.8. The predicted octanol–water partition coefficient (Wildman–Crippen LogP) is 3.81. The lowest BCUT2D eigenvalue weighted by Gasteiger charge is -2.11. The molecule has 1 unspecified atom stereocenters. The Morgan fingerprint density at radius 3 is 1.83 bits per heavy atom. The molecule has 0 aromatic heterocycles. The minimum Gasteiger partial charge on any atom is -0.465 e. The van der Waals surface area contributed by atoms with Crippen LogP contribution in [0.1, 0.15) is 78.1 Å². The normalized spacial score (nSPS) is 12.5. The van der Waals surface area contributed by atoms with E-state index in [4.69, 9.17) is 4.74 Å². The number of nitrogens with one attached hydrogen (secondary N) is 1. The smallest absolute Gasteiger partial charge is 0.323 e. The molecule has 0 radical (unpaired) electrons. The van der Waals surface area contributed by atoms with Gasteiger partial charge >= 0.3 is 5.97 Å². The molecule has 0 heterocycles. The molecule has 0 amide bonds. The summed E-state index contributed by atoms with van der Waals surface area (Å²) in [7, 11) is -3.37. The summed E-state index contributed by atoms with van der Waals surface area (Å²) in [6.07, 6.45) is 13.3. The van der Waals surface area contributed by atoms with E-state index in [0.717, 1.165) is 19.1 Å². The van der Waals surface area contributed by atoms with Gasteiger partial charge in [-0.25, -0.2) is 13.1 Å². The van der Waals surface area contributed by atoms with Crippen molar-refractivity contribution in [3.05, 3.63) is 0 Å². The quantitative estimate of drug-likeness (QED) is 0.372. The number of rotatable bonds is 14. The standard InChI is InChI=1S/C16H33NO4S.ClH/c1-4-5-6-7-8-9-10-11-12-13-14-21-16(18)15(2)17-22(3,19)20;/h15,17H,4-14H2,1-3H3;1H. The van der Waals surface area contributed by atoms with Crippen molar-refractivity contribution in [2.24, 2.45) is 0 Å². The Balaban J connectivity index is 0. The number of hydrogen-bond donors (Lipinski definition) is 1. The molecule has 0 fully saturated rings. The third-order valence-corrected chi connectivity index (χ3v) is 4.27. The van der Waals surface area contributed by atoms with Crippen LogP contribution in [-0.4, -0.2) is 33.3 Å². The Labute approximate surface area is 148 Å². The van der Waals surface area contributed by atoms with E-state index in [0.29, 0.717) is 6.61 Å². The molecule has 140 valence electrons. The first-order chi connectivity index (χ1) is 10.4. The lowest BCUT2D eigenvalue weighted by molar-refractivity contribution is -0.145. The monoisotopic (exact) mass is 371 g/mol.